The molecule has 1 fully saturated rings. The summed E-state index contributed by atoms with van der Waals surface area (Å²) in [7, 11) is 0. The van der Waals surface area contributed by atoms with E-state index in [-0.39, 0.29) is 0 Å². The molecule has 0 spiro atoms. The summed E-state index contributed by atoms with van der Waals surface area (Å²) in [5, 5.41) is 12.6. The first-order valence-corrected chi connectivity index (χ1v) is 8.29. The van der Waals surface area contributed by atoms with Crippen LogP contribution in [-0.2, 0) is 0 Å². The Bertz CT molecular complexity index is 751. The minimum atomic E-state index is -0.862. The number of piperidine rings is 1. The number of carbonyl (C=O) groups is 1. The molecule has 2 aliphatic rings. The van der Waals surface area contributed by atoms with Gasteiger partial charge in [-0.05, 0) is 54.6 Å². The lowest BCUT2D eigenvalue weighted by Crippen LogP contribution is -2.34. The Balaban J connectivity index is 1.80. The molecule has 1 aliphatic carbocycles. The van der Waals surface area contributed by atoms with Crippen LogP contribution in [0.4, 0.5) is 0 Å². The summed E-state index contributed by atoms with van der Waals surface area (Å²) in [6.07, 6.45) is 1.17. The average Bonchev–Trinajstić information content (AvgIpc) is 2.88. The maximum Gasteiger partial charge on any atom is 0.335 e. The molecule has 2 aromatic carbocycles. The van der Waals surface area contributed by atoms with Gasteiger partial charge in [-0.15, -0.1) is 0 Å². The first-order valence-electron chi connectivity index (χ1n) is 8.29. The van der Waals surface area contributed by atoms with E-state index in [1.807, 2.05) is 12.1 Å². The first kappa shape index (κ1) is 14.5. The van der Waals surface area contributed by atoms with Crippen molar-refractivity contribution in [1.82, 2.24) is 5.32 Å². The molecule has 1 saturated heterocycles. The lowest BCUT2D eigenvalue weighted by Gasteiger charge is -2.30. The molecule has 0 saturated carbocycles. The summed E-state index contributed by atoms with van der Waals surface area (Å²) in [4.78, 5) is 11.1. The minimum absolute atomic E-state index is 0.359. The van der Waals surface area contributed by atoms with Crippen molar-refractivity contribution in [3.63, 3.8) is 0 Å². The molecule has 3 nitrogen and oxygen atoms in total. The van der Waals surface area contributed by atoms with Crippen LogP contribution in [0.3, 0.4) is 0 Å². The van der Waals surface area contributed by atoms with Gasteiger partial charge in [0.1, 0.15) is 0 Å². The van der Waals surface area contributed by atoms with Crippen molar-refractivity contribution < 1.29 is 9.90 Å². The number of carboxylic acids is 1. The number of aromatic carboxylic acids is 1. The van der Waals surface area contributed by atoms with Crippen LogP contribution in [0.15, 0.2) is 42.5 Å². The Morgan fingerprint density at radius 3 is 2.65 bits per heavy atom. The second kappa shape index (κ2) is 5.50. The number of fused-ring (bicyclic) bond motifs is 3. The zero-order valence-corrected chi connectivity index (χ0v) is 13.3. The molecule has 0 amide bonds. The fourth-order valence-corrected chi connectivity index (χ4v) is 4.41. The van der Waals surface area contributed by atoms with Gasteiger partial charge in [-0.1, -0.05) is 35.9 Å². The van der Waals surface area contributed by atoms with Gasteiger partial charge in [-0.3, -0.25) is 0 Å². The molecule has 0 bridgehead atoms. The van der Waals surface area contributed by atoms with Gasteiger partial charge < -0.3 is 10.4 Å². The summed E-state index contributed by atoms with van der Waals surface area (Å²) in [6.45, 7) is 4.26. The Labute approximate surface area is 136 Å². The SMILES string of the molecule is Cc1ccc2c(c1)C(c1ccc(C(=O)O)cc1)C1CCNCC21. The van der Waals surface area contributed by atoms with Crippen molar-refractivity contribution in [2.45, 2.75) is 25.2 Å². The molecule has 118 valence electrons. The monoisotopic (exact) mass is 307 g/mol. The van der Waals surface area contributed by atoms with E-state index in [4.69, 9.17) is 5.11 Å². The van der Waals surface area contributed by atoms with Crippen molar-refractivity contribution >= 4 is 5.97 Å². The van der Waals surface area contributed by atoms with Crippen molar-refractivity contribution in [2.75, 3.05) is 13.1 Å². The Morgan fingerprint density at radius 1 is 1.13 bits per heavy atom. The van der Waals surface area contributed by atoms with E-state index in [0.717, 1.165) is 13.1 Å². The maximum absolute atomic E-state index is 11.1. The summed E-state index contributed by atoms with van der Waals surface area (Å²) in [5.74, 6) is 0.714. The maximum atomic E-state index is 11.1. The smallest absolute Gasteiger partial charge is 0.335 e. The van der Waals surface area contributed by atoms with Crippen molar-refractivity contribution in [3.05, 3.63) is 70.3 Å². The van der Waals surface area contributed by atoms with Crippen LogP contribution in [-0.4, -0.2) is 24.2 Å². The van der Waals surface area contributed by atoms with Gasteiger partial charge in [-0.2, -0.15) is 0 Å². The summed E-state index contributed by atoms with van der Waals surface area (Å²) >= 11 is 0. The fourth-order valence-electron chi connectivity index (χ4n) is 4.41. The van der Waals surface area contributed by atoms with Crippen LogP contribution in [0.25, 0.3) is 0 Å². The third kappa shape index (κ3) is 2.36. The molecule has 2 aromatic rings. The number of hydrogen-bond acceptors (Lipinski definition) is 2. The van der Waals surface area contributed by atoms with Gasteiger partial charge in [0.05, 0.1) is 5.56 Å². The number of hydrogen-bond donors (Lipinski definition) is 2. The minimum Gasteiger partial charge on any atom is -0.478 e. The highest BCUT2D eigenvalue weighted by Crippen LogP contribution is 2.52. The molecule has 2 N–H and O–H groups in total. The predicted molar refractivity (Wildman–Crippen MR) is 90.1 cm³/mol. The summed E-state index contributed by atoms with van der Waals surface area (Å²) < 4.78 is 0. The van der Waals surface area contributed by atoms with Crippen LogP contribution in [0, 0.1) is 12.8 Å². The zero-order valence-electron chi connectivity index (χ0n) is 13.3. The summed E-state index contributed by atoms with van der Waals surface area (Å²) in [6, 6.07) is 14.3. The van der Waals surface area contributed by atoms with Crippen LogP contribution >= 0.6 is 0 Å². The number of aryl methyl sites for hydroxylation is 1. The van der Waals surface area contributed by atoms with E-state index in [9.17, 15) is 4.79 Å². The normalized spacial score (nSPS) is 25.7. The number of rotatable bonds is 2. The zero-order chi connectivity index (χ0) is 16.0. The van der Waals surface area contributed by atoms with Crippen molar-refractivity contribution in [3.8, 4) is 0 Å². The number of benzene rings is 2. The van der Waals surface area contributed by atoms with Crippen LogP contribution in [0.1, 0.15) is 50.9 Å². The largest absolute Gasteiger partial charge is 0.478 e. The first-order chi connectivity index (χ1) is 11.1. The highest BCUT2D eigenvalue weighted by atomic mass is 16.4. The molecule has 23 heavy (non-hydrogen) atoms. The Morgan fingerprint density at radius 2 is 1.91 bits per heavy atom. The lowest BCUT2D eigenvalue weighted by atomic mass is 9.78. The molecule has 3 unspecified atom stereocenters. The number of nitrogens with one attached hydrogen (secondary N) is 1. The molecule has 3 heteroatoms. The fraction of sp³-hybridized carbons (Fsp3) is 0.350. The van der Waals surface area contributed by atoms with E-state index in [2.05, 4.69) is 30.4 Å². The molecule has 1 heterocycles. The third-order valence-electron chi connectivity index (χ3n) is 5.46. The van der Waals surface area contributed by atoms with E-state index >= 15 is 0 Å². The van der Waals surface area contributed by atoms with Crippen LogP contribution in [0.5, 0.6) is 0 Å². The summed E-state index contributed by atoms with van der Waals surface area (Å²) in [5.41, 5.74) is 5.81. The van der Waals surface area contributed by atoms with Crippen LogP contribution < -0.4 is 5.32 Å². The highest BCUT2D eigenvalue weighted by Gasteiger charge is 2.42. The van der Waals surface area contributed by atoms with Gasteiger partial charge in [0, 0.05) is 18.4 Å². The Hall–Kier alpha value is -2.13. The van der Waals surface area contributed by atoms with Gasteiger partial charge in [0.2, 0.25) is 0 Å². The second-order valence-corrected chi connectivity index (χ2v) is 6.80. The average molecular weight is 307 g/mol. The molecule has 0 radical (unpaired) electrons. The lowest BCUT2D eigenvalue weighted by molar-refractivity contribution is 0.0697. The standard InChI is InChI=1S/C20H21NO2/c1-12-2-7-15-17(10-12)19(16-8-9-21-11-18(15)16)13-3-5-14(6-4-13)20(22)23/h2-7,10,16,18-19,21H,8-9,11H2,1H3,(H,22,23). The quantitative estimate of drug-likeness (QED) is 0.892. The molecule has 3 atom stereocenters. The van der Waals surface area contributed by atoms with E-state index in [1.165, 1.54) is 28.7 Å². The molecular formula is C20H21NO2. The molecule has 1 aliphatic heterocycles. The molecule has 0 aromatic heterocycles. The van der Waals surface area contributed by atoms with Gasteiger partial charge in [0.25, 0.3) is 0 Å². The van der Waals surface area contributed by atoms with E-state index < -0.39 is 5.97 Å². The van der Waals surface area contributed by atoms with E-state index in [0.29, 0.717) is 23.3 Å². The third-order valence-corrected chi connectivity index (χ3v) is 5.46. The second-order valence-electron chi connectivity index (χ2n) is 6.80. The van der Waals surface area contributed by atoms with Gasteiger partial charge in [-0.25, -0.2) is 4.79 Å². The molecular weight excluding hydrogens is 286 g/mol. The predicted octanol–water partition coefficient (Wildman–Crippen LogP) is 3.53. The topological polar surface area (TPSA) is 49.3 Å². The molecule has 4 rings (SSSR count). The highest BCUT2D eigenvalue weighted by molar-refractivity contribution is 5.87. The van der Waals surface area contributed by atoms with Crippen molar-refractivity contribution in [2.24, 2.45) is 5.92 Å². The van der Waals surface area contributed by atoms with Crippen LogP contribution in [0.2, 0.25) is 0 Å². The Kier molecular flexibility index (Phi) is 3.46. The van der Waals surface area contributed by atoms with Crippen molar-refractivity contribution in [1.29, 1.82) is 0 Å². The van der Waals surface area contributed by atoms with Gasteiger partial charge >= 0.3 is 5.97 Å². The number of carboxylic acid groups (broad SMARTS) is 1. The van der Waals surface area contributed by atoms with Gasteiger partial charge in [0.15, 0.2) is 0 Å². The van der Waals surface area contributed by atoms with E-state index in [1.54, 1.807) is 12.1 Å².